The number of aliphatic hydroxyl groups excluding tert-OH is 1. The van der Waals surface area contributed by atoms with E-state index < -0.39 is 0 Å². The lowest BCUT2D eigenvalue weighted by molar-refractivity contribution is 0.282. The molecule has 0 saturated heterocycles. The Balaban J connectivity index is 2.97. The fraction of sp³-hybridized carbons (Fsp3) is 1.00. The van der Waals surface area contributed by atoms with Gasteiger partial charge in [-0.25, -0.2) is 0 Å². The minimum Gasteiger partial charge on any atom is -0.395 e. The van der Waals surface area contributed by atoms with Gasteiger partial charge in [-0.15, -0.1) is 0 Å². The minimum atomic E-state index is 0.234. The van der Waals surface area contributed by atoms with Crippen LogP contribution in [0.25, 0.3) is 0 Å². The lowest BCUT2D eigenvalue weighted by Gasteiger charge is -2.14. The van der Waals surface area contributed by atoms with E-state index in [4.69, 9.17) is 5.11 Å². The molecule has 0 aromatic carbocycles. The number of rotatable bonds is 7. The van der Waals surface area contributed by atoms with Crippen molar-refractivity contribution >= 4 is 0 Å². The Hall–Kier alpha value is -0.120. The van der Waals surface area contributed by atoms with Crippen LogP contribution in [0, 0.1) is 0 Å². The molecule has 0 atom stereocenters. The van der Waals surface area contributed by atoms with E-state index in [-0.39, 0.29) is 6.61 Å². The van der Waals surface area contributed by atoms with Gasteiger partial charge in [-0.2, -0.15) is 0 Å². The Morgan fingerprint density at radius 3 is 2.55 bits per heavy atom. The van der Waals surface area contributed by atoms with Crippen molar-refractivity contribution in [2.75, 3.05) is 39.8 Å². The zero-order chi connectivity index (χ0) is 8.53. The van der Waals surface area contributed by atoms with Crippen LogP contribution in [-0.2, 0) is 0 Å². The summed E-state index contributed by atoms with van der Waals surface area (Å²) >= 11 is 0. The monoisotopic (exact) mass is 160 g/mol. The summed E-state index contributed by atoms with van der Waals surface area (Å²) in [6.45, 7) is 6.31. The molecule has 0 amide bonds. The molecule has 3 heteroatoms. The molecule has 0 heterocycles. The third-order valence-electron chi connectivity index (χ3n) is 1.56. The zero-order valence-corrected chi connectivity index (χ0v) is 7.64. The van der Waals surface area contributed by atoms with Gasteiger partial charge in [0.05, 0.1) is 6.61 Å². The van der Waals surface area contributed by atoms with Gasteiger partial charge >= 0.3 is 0 Å². The third-order valence-corrected chi connectivity index (χ3v) is 1.56. The van der Waals surface area contributed by atoms with E-state index in [2.05, 4.69) is 24.2 Å². The summed E-state index contributed by atoms with van der Waals surface area (Å²) in [4.78, 5) is 2.28. The molecular weight excluding hydrogens is 140 g/mol. The number of hydrogen-bond acceptors (Lipinski definition) is 3. The van der Waals surface area contributed by atoms with E-state index in [1.807, 2.05) is 0 Å². The standard InChI is InChI=1S/C8H20N2O/c1-3-6-10(2)7-4-9-5-8-11/h9,11H,3-8H2,1-2H3. The van der Waals surface area contributed by atoms with Crippen molar-refractivity contribution in [2.24, 2.45) is 0 Å². The van der Waals surface area contributed by atoms with E-state index in [0.717, 1.165) is 19.6 Å². The van der Waals surface area contributed by atoms with Gasteiger partial charge in [-0.05, 0) is 20.0 Å². The smallest absolute Gasteiger partial charge is 0.0555 e. The van der Waals surface area contributed by atoms with Crippen molar-refractivity contribution < 1.29 is 5.11 Å². The molecule has 0 aromatic heterocycles. The van der Waals surface area contributed by atoms with Gasteiger partial charge in [0.25, 0.3) is 0 Å². The Kier molecular flexibility index (Phi) is 7.89. The second-order valence-electron chi connectivity index (χ2n) is 2.78. The number of aliphatic hydroxyl groups is 1. The SMILES string of the molecule is CCCN(C)CCNCCO. The molecule has 0 spiro atoms. The lowest BCUT2D eigenvalue weighted by atomic mass is 10.4. The Labute approximate surface area is 69.4 Å². The summed E-state index contributed by atoms with van der Waals surface area (Å²) < 4.78 is 0. The molecule has 0 aromatic rings. The largest absolute Gasteiger partial charge is 0.395 e. The Morgan fingerprint density at radius 2 is 2.00 bits per heavy atom. The highest BCUT2D eigenvalue weighted by atomic mass is 16.3. The van der Waals surface area contributed by atoms with Crippen LogP contribution in [0.4, 0.5) is 0 Å². The van der Waals surface area contributed by atoms with Crippen molar-refractivity contribution in [1.29, 1.82) is 0 Å². The number of nitrogens with one attached hydrogen (secondary N) is 1. The fourth-order valence-corrected chi connectivity index (χ4v) is 0.967. The zero-order valence-electron chi connectivity index (χ0n) is 7.64. The van der Waals surface area contributed by atoms with Crippen LogP contribution in [-0.4, -0.2) is 49.8 Å². The molecule has 0 saturated carbocycles. The third kappa shape index (κ3) is 7.78. The molecule has 0 aliphatic carbocycles. The molecule has 0 fully saturated rings. The van der Waals surface area contributed by atoms with Gasteiger partial charge in [0, 0.05) is 19.6 Å². The van der Waals surface area contributed by atoms with E-state index in [1.54, 1.807) is 0 Å². The maximum Gasteiger partial charge on any atom is 0.0555 e. The summed E-state index contributed by atoms with van der Waals surface area (Å²) in [6.07, 6.45) is 1.20. The summed E-state index contributed by atoms with van der Waals surface area (Å²) in [6, 6.07) is 0. The van der Waals surface area contributed by atoms with Crippen LogP contribution in [0.1, 0.15) is 13.3 Å². The quantitative estimate of drug-likeness (QED) is 0.511. The first kappa shape index (κ1) is 10.9. The van der Waals surface area contributed by atoms with Crippen LogP contribution in [0.2, 0.25) is 0 Å². The average molecular weight is 160 g/mol. The maximum atomic E-state index is 8.46. The molecule has 0 bridgehead atoms. The molecule has 2 N–H and O–H groups in total. The van der Waals surface area contributed by atoms with Crippen LogP contribution < -0.4 is 5.32 Å². The molecule has 0 aliphatic heterocycles. The molecule has 0 unspecified atom stereocenters. The highest BCUT2D eigenvalue weighted by molar-refractivity contribution is 4.52. The molecule has 3 nitrogen and oxygen atoms in total. The molecule has 0 radical (unpaired) electrons. The van der Waals surface area contributed by atoms with Gasteiger partial charge < -0.3 is 15.3 Å². The van der Waals surface area contributed by atoms with Crippen molar-refractivity contribution in [3.8, 4) is 0 Å². The number of likely N-dealkylation sites (N-methyl/N-ethyl adjacent to an activating group) is 1. The highest BCUT2D eigenvalue weighted by Crippen LogP contribution is 1.83. The van der Waals surface area contributed by atoms with Gasteiger partial charge in [0.2, 0.25) is 0 Å². The average Bonchev–Trinajstić information content (AvgIpc) is 1.99. The van der Waals surface area contributed by atoms with Gasteiger partial charge in [0.15, 0.2) is 0 Å². The Morgan fingerprint density at radius 1 is 1.27 bits per heavy atom. The van der Waals surface area contributed by atoms with E-state index in [0.29, 0.717) is 6.54 Å². The first-order chi connectivity index (χ1) is 5.31. The first-order valence-electron chi connectivity index (χ1n) is 4.31. The van der Waals surface area contributed by atoms with Crippen LogP contribution in [0.5, 0.6) is 0 Å². The van der Waals surface area contributed by atoms with Crippen LogP contribution in [0.3, 0.4) is 0 Å². The normalized spacial score (nSPS) is 10.9. The van der Waals surface area contributed by atoms with Crippen molar-refractivity contribution in [3.05, 3.63) is 0 Å². The fourth-order valence-electron chi connectivity index (χ4n) is 0.967. The molecule has 68 valence electrons. The summed E-state index contributed by atoms with van der Waals surface area (Å²) in [5, 5.41) is 11.6. The molecule has 0 aliphatic rings. The topological polar surface area (TPSA) is 35.5 Å². The van der Waals surface area contributed by atoms with E-state index >= 15 is 0 Å². The second-order valence-corrected chi connectivity index (χ2v) is 2.78. The highest BCUT2D eigenvalue weighted by Gasteiger charge is 1.93. The first-order valence-corrected chi connectivity index (χ1v) is 4.31. The predicted octanol–water partition coefficient (Wildman–Crippen LogP) is -0.0899. The maximum absolute atomic E-state index is 8.46. The molecule has 11 heavy (non-hydrogen) atoms. The number of hydrogen-bond donors (Lipinski definition) is 2. The molecule has 0 rings (SSSR count). The second kappa shape index (κ2) is 7.98. The van der Waals surface area contributed by atoms with E-state index in [1.165, 1.54) is 6.42 Å². The minimum absolute atomic E-state index is 0.234. The summed E-state index contributed by atoms with van der Waals surface area (Å²) in [5.74, 6) is 0. The predicted molar refractivity (Wildman–Crippen MR) is 47.7 cm³/mol. The van der Waals surface area contributed by atoms with Crippen molar-refractivity contribution in [1.82, 2.24) is 10.2 Å². The van der Waals surface area contributed by atoms with Crippen molar-refractivity contribution in [3.63, 3.8) is 0 Å². The van der Waals surface area contributed by atoms with E-state index in [9.17, 15) is 0 Å². The van der Waals surface area contributed by atoms with Crippen molar-refractivity contribution in [2.45, 2.75) is 13.3 Å². The lowest BCUT2D eigenvalue weighted by Crippen LogP contribution is -2.31. The Bertz CT molecular complexity index is 78.5. The van der Waals surface area contributed by atoms with Crippen LogP contribution in [0.15, 0.2) is 0 Å². The van der Waals surface area contributed by atoms with Gasteiger partial charge in [-0.3, -0.25) is 0 Å². The van der Waals surface area contributed by atoms with Gasteiger partial charge in [0.1, 0.15) is 0 Å². The number of nitrogens with zero attached hydrogens (tertiary/aromatic N) is 1. The van der Waals surface area contributed by atoms with Crippen LogP contribution >= 0.6 is 0 Å². The van der Waals surface area contributed by atoms with Gasteiger partial charge in [-0.1, -0.05) is 6.92 Å². The summed E-state index contributed by atoms with van der Waals surface area (Å²) in [5.41, 5.74) is 0. The molecular formula is C8H20N2O. The summed E-state index contributed by atoms with van der Waals surface area (Å²) in [7, 11) is 2.12.